The van der Waals surface area contributed by atoms with E-state index in [1.54, 1.807) is 0 Å². The van der Waals surface area contributed by atoms with E-state index in [1.807, 2.05) is 24.3 Å². The first kappa shape index (κ1) is 8.96. The van der Waals surface area contributed by atoms with Gasteiger partial charge >= 0.3 is 0 Å². The van der Waals surface area contributed by atoms with E-state index in [9.17, 15) is 0 Å². The van der Waals surface area contributed by atoms with Gasteiger partial charge in [0, 0.05) is 11.6 Å². The molecule has 0 bridgehead atoms. The van der Waals surface area contributed by atoms with Gasteiger partial charge in [-0.25, -0.2) is 0 Å². The maximum absolute atomic E-state index is 5.74. The highest BCUT2D eigenvalue weighted by Gasteiger charge is 1.91. The maximum atomic E-state index is 5.74. The fourth-order valence-electron chi connectivity index (χ4n) is 0.975. The molecule has 0 radical (unpaired) electrons. The van der Waals surface area contributed by atoms with Crippen molar-refractivity contribution in [2.45, 2.75) is 6.54 Å². The van der Waals surface area contributed by atoms with Gasteiger partial charge in [0.15, 0.2) is 0 Å². The summed E-state index contributed by atoms with van der Waals surface area (Å²) in [6.07, 6.45) is 0. The SMILES string of the molecule is Clc1ccc(C[N-]c2nn[nH]n2)cc1. The molecular weight excluding hydrogens is 202 g/mol. The lowest BCUT2D eigenvalue weighted by Gasteiger charge is -2.06. The number of hydrogen-bond donors (Lipinski definition) is 1. The van der Waals surface area contributed by atoms with Crippen molar-refractivity contribution in [1.82, 2.24) is 20.6 Å². The Morgan fingerprint density at radius 1 is 1.29 bits per heavy atom. The monoisotopic (exact) mass is 208 g/mol. The lowest BCUT2D eigenvalue weighted by atomic mass is 10.2. The molecule has 6 heteroatoms. The summed E-state index contributed by atoms with van der Waals surface area (Å²) in [5.74, 6) is 0.361. The van der Waals surface area contributed by atoms with Crippen LogP contribution in [0.2, 0.25) is 5.02 Å². The molecule has 2 rings (SSSR count). The van der Waals surface area contributed by atoms with Crippen LogP contribution < -0.4 is 0 Å². The lowest BCUT2D eigenvalue weighted by Crippen LogP contribution is -1.82. The zero-order chi connectivity index (χ0) is 9.80. The van der Waals surface area contributed by atoms with E-state index in [1.165, 1.54) is 0 Å². The molecule has 0 saturated carbocycles. The van der Waals surface area contributed by atoms with Crippen molar-refractivity contribution in [1.29, 1.82) is 0 Å². The highest BCUT2D eigenvalue weighted by molar-refractivity contribution is 6.30. The smallest absolute Gasteiger partial charge is 0.0617 e. The van der Waals surface area contributed by atoms with Gasteiger partial charge in [-0.15, -0.1) is 5.21 Å². The predicted molar refractivity (Wildman–Crippen MR) is 52.4 cm³/mol. The number of aromatic nitrogens is 4. The molecule has 0 atom stereocenters. The molecule has 0 amide bonds. The number of hydrogen-bond acceptors (Lipinski definition) is 3. The minimum absolute atomic E-state index is 0.361. The van der Waals surface area contributed by atoms with E-state index in [-0.39, 0.29) is 0 Å². The first-order valence-electron chi connectivity index (χ1n) is 4.00. The molecule has 2 aromatic rings. The number of aromatic amines is 1. The van der Waals surface area contributed by atoms with Crippen LogP contribution in [0.5, 0.6) is 0 Å². The molecule has 0 aliphatic rings. The Labute approximate surface area is 85.5 Å². The molecule has 1 aromatic carbocycles. The van der Waals surface area contributed by atoms with Crippen molar-refractivity contribution in [2.75, 3.05) is 0 Å². The number of nitrogens with one attached hydrogen (secondary N) is 1. The average molecular weight is 209 g/mol. The van der Waals surface area contributed by atoms with E-state index < -0.39 is 0 Å². The molecule has 72 valence electrons. The van der Waals surface area contributed by atoms with Crippen molar-refractivity contribution < 1.29 is 0 Å². The molecule has 1 aromatic heterocycles. The highest BCUT2D eigenvalue weighted by atomic mass is 35.5. The van der Waals surface area contributed by atoms with Crippen molar-refractivity contribution in [2.24, 2.45) is 0 Å². The lowest BCUT2D eigenvalue weighted by molar-refractivity contribution is 0.881. The van der Waals surface area contributed by atoms with Crippen molar-refractivity contribution in [3.63, 3.8) is 0 Å². The molecule has 0 saturated heterocycles. The molecule has 5 nitrogen and oxygen atoms in total. The van der Waals surface area contributed by atoms with Crippen molar-refractivity contribution in [3.8, 4) is 0 Å². The third-order valence-electron chi connectivity index (χ3n) is 1.65. The Morgan fingerprint density at radius 3 is 2.71 bits per heavy atom. The summed E-state index contributed by atoms with van der Waals surface area (Å²) < 4.78 is 0. The zero-order valence-electron chi connectivity index (χ0n) is 7.18. The molecule has 0 unspecified atom stereocenters. The molecule has 14 heavy (non-hydrogen) atoms. The Hall–Kier alpha value is -1.62. The van der Waals surface area contributed by atoms with Gasteiger partial charge in [-0.05, 0) is 17.7 Å². The summed E-state index contributed by atoms with van der Waals surface area (Å²) in [6, 6.07) is 7.46. The van der Waals surface area contributed by atoms with Gasteiger partial charge < -0.3 is 5.32 Å². The van der Waals surface area contributed by atoms with Crippen LogP contribution >= 0.6 is 11.6 Å². The standard InChI is InChI=1S/C8H7ClN5/c9-7-3-1-6(2-4-7)5-10-8-11-13-14-12-8/h1-4H,5H2,(H-,10,11,12,13,14)/q-1. The van der Waals surface area contributed by atoms with Gasteiger partial charge in [-0.3, -0.25) is 15.4 Å². The Bertz CT molecular complexity index is 383. The fourth-order valence-corrected chi connectivity index (χ4v) is 1.10. The van der Waals surface area contributed by atoms with Crippen LogP contribution in [-0.2, 0) is 6.54 Å². The quantitative estimate of drug-likeness (QED) is 0.840. The first-order chi connectivity index (χ1) is 6.84. The summed E-state index contributed by atoms with van der Waals surface area (Å²) in [5.41, 5.74) is 1.05. The van der Waals surface area contributed by atoms with Crippen LogP contribution in [-0.4, -0.2) is 20.6 Å². The second-order valence-electron chi connectivity index (χ2n) is 2.65. The first-order valence-corrected chi connectivity index (χ1v) is 4.38. The van der Waals surface area contributed by atoms with Gasteiger partial charge in [0.05, 0.1) is 5.95 Å². The number of nitrogens with zero attached hydrogens (tertiary/aromatic N) is 4. The Morgan fingerprint density at radius 2 is 2.07 bits per heavy atom. The van der Waals surface area contributed by atoms with Crippen molar-refractivity contribution in [3.05, 3.63) is 40.2 Å². The third kappa shape index (κ3) is 2.20. The van der Waals surface area contributed by atoms with Crippen LogP contribution in [0.15, 0.2) is 24.3 Å². The minimum Gasteiger partial charge on any atom is -0.386 e. The summed E-state index contributed by atoms with van der Waals surface area (Å²) in [4.78, 5) is 0. The van der Waals surface area contributed by atoms with Gasteiger partial charge in [0.1, 0.15) is 0 Å². The van der Waals surface area contributed by atoms with Crippen molar-refractivity contribution >= 4 is 17.5 Å². The van der Waals surface area contributed by atoms with E-state index in [4.69, 9.17) is 11.6 Å². The second-order valence-corrected chi connectivity index (χ2v) is 3.09. The topological polar surface area (TPSA) is 68.6 Å². The van der Waals surface area contributed by atoms with Gasteiger partial charge in [0.2, 0.25) is 0 Å². The van der Waals surface area contributed by atoms with E-state index in [0.717, 1.165) is 5.56 Å². The molecule has 0 fully saturated rings. The Kier molecular flexibility index (Phi) is 2.60. The number of halogens is 1. The predicted octanol–water partition coefficient (Wildman–Crippen LogP) is 2.06. The number of tetrazole rings is 1. The number of H-pyrrole nitrogens is 1. The summed E-state index contributed by atoms with van der Waals surface area (Å²) in [7, 11) is 0. The van der Waals surface area contributed by atoms with Crippen LogP contribution in [0, 0.1) is 0 Å². The molecule has 0 aliphatic heterocycles. The average Bonchev–Trinajstić information content (AvgIpc) is 2.70. The maximum Gasteiger partial charge on any atom is 0.0617 e. The highest BCUT2D eigenvalue weighted by Crippen LogP contribution is 2.15. The summed E-state index contributed by atoms with van der Waals surface area (Å²) in [6.45, 7) is 0.525. The van der Waals surface area contributed by atoms with E-state index in [2.05, 4.69) is 25.9 Å². The van der Waals surface area contributed by atoms with Crippen LogP contribution in [0.4, 0.5) is 5.95 Å². The molecule has 0 spiro atoms. The van der Waals surface area contributed by atoms with Crippen LogP contribution in [0.25, 0.3) is 5.32 Å². The fraction of sp³-hybridized carbons (Fsp3) is 0.125. The van der Waals surface area contributed by atoms with Crippen LogP contribution in [0.1, 0.15) is 5.56 Å². The molecule has 1 heterocycles. The molecule has 0 aliphatic carbocycles. The zero-order valence-corrected chi connectivity index (χ0v) is 7.94. The van der Waals surface area contributed by atoms with Gasteiger partial charge in [-0.1, -0.05) is 23.7 Å². The number of benzene rings is 1. The normalized spacial score (nSPS) is 10.1. The molecular formula is C8H7ClN5-. The summed E-state index contributed by atoms with van der Waals surface area (Å²) >= 11 is 5.74. The minimum atomic E-state index is 0.361. The van der Waals surface area contributed by atoms with Gasteiger partial charge in [-0.2, -0.15) is 0 Å². The Balaban J connectivity index is 1.95. The van der Waals surface area contributed by atoms with E-state index >= 15 is 0 Å². The van der Waals surface area contributed by atoms with Crippen LogP contribution in [0.3, 0.4) is 0 Å². The molecule has 1 N–H and O–H groups in total. The third-order valence-corrected chi connectivity index (χ3v) is 1.90. The number of rotatable bonds is 3. The summed E-state index contributed by atoms with van der Waals surface area (Å²) in [5, 5.41) is 18.0. The largest absolute Gasteiger partial charge is 0.386 e. The second kappa shape index (κ2) is 4.06. The van der Waals surface area contributed by atoms with E-state index in [0.29, 0.717) is 17.5 Å². The van der Waals surface area contributed by atoms with Gasteiger partial charge in [0.25, 0.3) is 0 Å².